The molecule has 1 N–H and O–H groups in total. The van der Waals surface area contributed by atoms with Gasteiger partial charge < -0.3 is 14.3 Å². The molecule has 0 amide bonds. The Morgan fingerprint density at radius 2 is 1.81 bits per heavy atom. The Balaban J connectivity index is 4.64. The minimum atomic E-state index is -1.64. The van der Waals surface area contributed by atoms with Crippen LogP contribution in [0.15, 0.2) is 24.3 Å². The van der Waals surface area contributed by atoms with Gasteiger partial charge in [0.2, 0.25) is 0 Å². The van der Waals surface area contributed by atoms with Crippen molar-refractivity contribution in [3.63, 3.8) is 0 Å². The summed E-state index contributed by atoms with van der Waals surface area (Å²) in [4.78, 5) is 11.6. The molecule has 0 bridgehead atoms. The fraction of sp³-hybridized carbons (Fsp3) is 0.688. The fourth-order valence-corrected chi connectivity index (χ4v) is 4.92. The van der Waals surface area contributed by atoms with Crippen LogP contribution in [0, 0.1) is 0 Å². The highest BCUT2D eigenvalue weighted by atomic mass is 28.4. The molecule has 0 rings (SSSR count). The van der Waals surface area contributed by atoms with Gasteiger partial charge in [-0.1, -0.05) is 39.5 Å². The lowest BCUT2D eigenvalue weighted by Gasteiger charge is -2.28. The topological polar surface area (TPSA) is 55.8 Å². The number of carbonyl (C=O) groups excluding carboxylic acids is 1. The van der Waals surface area contributed by atoms with Gasteiger partial charge in [0.05, 0.1) is 6.61 Å². The third-order valence-electron chi connectivity index (χ3n) is 3.93. The van der Waals surface area contributed by atoms with Crippen LogP contribution in [0.25, 0.3) is 0 Å². The molecule has 5 heteroatoms. The van der Waals surface area contributed by atoms with Gasteiger partial charge in [-0.3, -0.25) is 0 Å². The van der Waals surface area contributed by atoms with E-state index in [2.05, 4.69) is 27.4 Å². The number of esters is 1. The van der Waals surface area contributed by atoms with Crippen LogP contribution >= 0.6 is 0 Å². The third kappa shape index (κ3) is 6.59. The molecule has 0 fully saturated rings. The largest absolute Gasteiger partial charge is 0.464 e. The molecular formula is C16H30O4Si. The molecular weight excluding hydrogens is 284 g/mol. The first kappa shape index (κ1) is 20.1. The normalized spacial score (nSPS) is 13.9. The van der Waals surface area contributed by atoms with Crippen LogP contribution in [0.3, 0.4) is 0 Å². The molecule has 0 spiro atoms. The highest BCUT2D eigenvalue weighted by molar-refractivity contribution is 6.73. The van der Waals surface area contributed by atoms with Crippen LogP contribution in [0.2, 0.25) is 18.1 Å². The van der Waals surface area contributed by atoms with E-state index in [9.17, 15) is 9.90 Å². The number of hydrogen-bond acceptors (Lipinski definition) is 4. The van der Waals surface area contributed by atoms with Crippen LogP contribution in [0.5, 0.6) is 0 Å². The van der Waals surface area contributed by atoms with E-state index < -0.39 is 20.4 Å². The number of allylic oxidation sites excluding steroid dienone is 2. The molecule has 0 radical (unpaired) electrons. The van der Waals surface area contributed by atoms with Crippen molar-refractivity contribution in [2.75, 3.05) is 13.2 Å². The standard InChI is InChI=1S/C16H30O4Si/c1-6-11-14(15(17)16(18)19-7-2)12-13-20-21(8-3,9-4)10-5/h6,11,15,17H,1,7-10,12-13H2,2-5H3/b14-11+/t15-/m0/s1. The molecule has 0 aromatic carbocycles. The van der Waals surface area contributed by atoms with Crippen LogP contribution < -0.4 is 0 Å². The first-order valence-corrected chi connectivity index (χ1v) is 10.3. The SMILES string of the molecule is C=C/C=C(\CCO[Si](CC)(CC)CC)[C@H](O)C(=O)OCC. The summed E-state index contributed by atoms with van der Waals surface area (Å²) >= 11 is 0. The van der Waals surface area contributed by atoms with Crippen molar-refractivity contribution < 1.29 is 19.1 Å². The minimum absolute atomic E-state index is 0.255. The number of ether oxygens (including phenoxy) is 1. The summed E-state index contributed by atoms with van der Waals surface area (Å²) in [5, 5.41) is 10.0. The van der Waals surface area contributed by atoms with E-state index in [1.807, 2.05) is 0 Å². The van der Waals surface area contributed by atoms with Gasteiger partial charge in [-0.05, 0) is 37.0 Å². The smallest absolute Gasteiger partial charge is 0.339 e. The number of aliphatic hydroxyl groups excluding tert-OH is 1. The predicted octanol–water partition coefficient (Wildman–Crippen LogP) is 3.43. The molecule has 0 saturated carbocycles. The van der Waals surface area contributed by atoms with Crippen molar-refractivity contribution in [1.82, 2.24) is 0 Å². The molecule has 0 aliphatic carbocycles. The summed E-state index contributed by atoms with van der Waals surface area (Å²) in [6.07, 6.45) is 2.52. The van der Waals surface area contributed by atoms with E-state index in [-0.39, 0.29) is 6.61 Å². The van der Waals surface area contributed by atoms with Crippen LogP contribution in [-0.2, 0) is 14.0 Å². The maximum Gasteiger partial charge on any atom is 0.339 e. The number of carbonyl (C=O) groups is 1. The predicted molar refractivity (Wildman–Crippen MR) is 88.7 cm³/mol. The molecule has 0 unspecified atom stereocenters. The molecule has 1 atom stereocenters. The van der Waals surface area contributed by atoms with E-state index in [0.29, 0.717) is 18.6 Å². The summed E-state index contributed by atoms with van der Waals surface area (Å²) in [6.45, 7) is 12.6. The Hall–Kier alpha value is -0.913. The lowest BCUT2D eigenvalue weighted by atomic mass is 10.1. The molecule has 4 nitrogen and oxygen atoms in total. The average molecular weight is 314 g/mol. The maximum atomic E-state index is 11.6. The van der Waals surface area contributed by atoms with Gasteiger partial charge in [0.25, 0.3) is 0 Å². The monoisotopic (exact) mass is 314 g/mol. The van der Waals surface area contributed by atoms with Crippen molar-refractivity contribution in [2.45, 2.75) is 58.4 Å². The van der Waals surface area contributed by atoms with Crippen LogP contribution in [0.4, 0.5) is 0 Å². The summed E-state index contributed by atoms with van der Waals surface area (Å²) < 4.78 is 11.0. The van der Waals surface area contributed by atoms with Crippen LogP contribution in [-0.4, -0.2) is 38.7 Å². The Kier molecular flexibility index (Phi) is 10.3. The molecule has 0 saturated heterocycles. The fourth-order valence-electron chi connectivity index (χ4n) is 2.28. The zero-order valence-electron chi connectivity index (χ0n) is 13.9. The van der Waals surface area contributed by atoms with Crippen molar-refractivity contribution in [3.05, 3.63) is 24.3 Å². The Morgan fingerprint density at radius 1 is 1.24 bits per heavy atom. The first-order valence-electron chi connectivity index (χ1n) is 7.80. The van der Waals surface area contributed by atoms with Gasteiger partial charge in [0.15, 0.2) is 14.4 Å². The van der Waals surface area contributed by atoms with Crippen molar-refractivity contribution in [2.24, 2.45) is 0 Å². The van der Waals surface area contributed by atoms with E-state index >= 15 is 0 Å². The molecule has 0 aromatic rings. The highest BCUT2D eigenvalue weighted by Gasteiger charge is 2.29. The molecule has 21 heavy (non-hydrogen) atoms. The molecule has 0 aliphatic heterocycles. The van der Waals surface area contributed by atoms with Gasteiger partial charge in [-0.15, -0.1) is 0 Å². The second kappa shape index (κ2) is 10.8. The Labute approximate surface area is 130 Å². The van der Waals surface area contributed by atoms with Gasteiger partial charge in [0, 0.05) is 6.61 Å². The number of aliphatic hydroxyl groups is 1. The summed E-state index contributed by atoms with van der Waals surface area (Å²) in [5.74, 6) is -0.615. The molecule has 0 aromatic heterocycles. The second-order valence-electron chi connectivity index (χ2n) is 4.97. The van der Waals surface area contributed by atoms with Crippen molar-refractivity contribution in [3.8, 4) is 0 Å². The van der Waals surface area contributed by atoms with E-state index in [4.69, 9.17) is 9.16 Å². The zero-order valence-corrected chi connectivity index (χ0v) is 14.9. The number of rotatable bonds is 11. The van der Waals surface area contributed by atoms with Crippen LogP contribution in [0.1, 0.15) is 34.1 Å². The lowest BCUT2D eigenvalue weighted by Crippen LogP contribution is -2.36. The Bertz CT molecular complexity index is 340. The van der Waals surface area contributed by atoms with E-state index in [1.165, 1.54) is 0 Å². The lowest BCUT2D eigenvalue weighted by molar-refractivity contribution is -0.151. The van der Waals surface area contributed by atoms with Gasteiger partial charge >= 0.3 is 5.97 Å². The Morgan fingerprint density at radius 3 is 2.24 bits per heavy atom. The summed E-state index contributed by atoms with van der Waals surface area (Å²) in [7, 11) is -1.64. The maximum absolute atomic E-state index is 11.6. The van der Waals surface area contributed by atoms with Crippen molar-refractivity contribution in [1.29, 1.82) is 0 Å². The number of hydrogen-bond donors (Lipinski definition) is 1. The third-order valence-corrected chi connectivity index (χ3v) is 8.61. The van der Waals surface area contributed by atoms with Gasteiger partial charge in [-0.2, -0.15) is 0 Å². The second-order valence-corrected chi connectivity index (χ2v) is 9.75. The summed E-state index contributed by atoms with van der Waals surface area (Å²) in [5.41, 5.74) is 0.592. The molecule has 0 heterocycles. The molecule has 0 aliphatic rings. The van der Waals surface area contributed by atoms with Gasteiger partial charge in [0.1, 0.15) is 0 Å². The van der Waals surface area contributed by atoms with E-state index in [1.54, 1.807) is 19.1 Å². The zero-order chi connectivity index (χ0) is 16.3. The summed E-state index contributed by atoms with van der Waals surface area (Å²) in [6, 6.07) is 3.25. The van der Waals surface area contributed by atoms with Gasteiger partial charge in [-0.25, -0.2) is 4.79 Å². The van der Waals surface area contributed by atoms with Crippen molar-refractivity contribution >= 4 is 14.3 Å². The average Bonchev–Trinajstić information content (AvgIpc) is 2.50. The quantitative estimate of drug-likeness (QED) is 0.360. The van der Waals surface area contributed by atoms with E-state index in [0.717, 1.165) is 18.1 Å². The molecule has 122 valence electrons. The highest BCUT2D eigenvalue weighted by Crippen LogP contribution is 2.22. The minimum Gasteiger partial charge on any atom is -0.464 e. The first-order chi connectivity index (χ1) is 10.00.